The van der Waals surface area contributed by atoms with Gasteiger partial charge in [-0.15, -0.1) is 0 Å². The van der Waals surface area contributed by atoms with Crippen LogP contribution in [0.3, 0.4) is 0 Å². The SMILES string of the molecule is NC(=O)[C@@H]1CC[C@H](NC(=O)NC2CCc3cc(O)ccc3C2)C1. The summed E-state index contributed by atoms with van der Waals surface area (Å²) >= 11 is 0. The van der Waals surface area contributed by atoms with Crippen molar-refractivity contribution in [1.82, 2.24) is 10.6 Å². The Bertz CT molecular complexity index is 617. The molecule has 3 atom stereocenters. The van der Waals surface area contributed by atoms with Gasteiger partial charge in [0, 0.05) is 18.0 Å². The Kier molecular flexibility index (Phi) is 4.41. The summed E-state index contributed by atoms with van der Waals surface area (Å²) in [5.74, 6) is -0.102. The number of nitrogens with two attached hydrogens (primary N) is 1. The molecule has 0 heterocycles. The van der Waals surface area contributed by atoms with E-state index in [1.807, 2.05) is 6.07 Å². The number of benzene rings is 1. The average Bonchev–Trinajstić information content (AvgIpc) is 2.96. The van der Waals surface area contributed by atoms with Gasteiger partial charge in [0.2, 0.25) is 5.91 Å². The highest BCUT2D eigenvalue weighted by Crippen LogP contribution is 2.26. The minimum Gasteiger partial charge on any atom is -0.508 e. The van der Waals surface area contributed by atoms with Gasteiger partial charge in [0.25, 0.3) is 0 Å². The van der Waals surface area contributed by atoms with Crippen LogP contribution in [0.25, 0.3) is 0 Å². The molecule has 2 aliphatic rings. The first-order valence-corrected chi connectivity index (χ1v) is 8.18. The Balaban J connectivity index is 1.49. The Morgan fingerprint density at radius 3 is 2.61 bits per heavy atom. The van der Waals surface area contributed by atoms with Crippen molar-refractivity contribution in [2.24, 2.45) is 11.7 Å². The first kappa shape index (κ1) is 15.6. The van der Waals surface area contributed by atoms with E-state index < -0.39 is 0 Å². The molecule has 6 nitrogen and oxygen atoms in total. The summed E-state index contributed by atoms with van der Waals surface area (Å²) in [6.07, 6.45) is 4.67. The number of phenolic OH excluding ortho intramolecular Hbond substituents is 1. The molecule has 0 aromatic heterocycles. The number of urea groups is 1. The molecule has 5 N–H and O–H groups in total. The van der Waals surface area contributed by atoms with Gasteiger partial charge in [-0.3, -0.25) is 4.79 Å². The second-order valence-electron chi connectivity index (χ2n) is 6.62. The van der Waals surface area contributed by atoms with Gasteiger partial charge in [0.15, 0.2) is 0 Å². The molecule has 23 heavy (non-hydrogen) atoms. The molecule has 0 bridgehead atoms. The van der Waals surface area contributed by atoms with E-state index in [1.54, 1.807) is 12.1 Å². The summed E-state index contributed by atoms with van der Waals surface area (Å²) in [6.45, 7) is 0. The molecule has 6 heteroatoms. The van der Waals surface area contributed by atoms with Crippen LogP contribution in [0.5, 0.6) is 5.75 Å². The molecule has 0 saturated heterocycles. The summed E-state index contributed by atoms with van der Waals surface area (Å²) in [4.78, 5) is 23.3. The second-order valence-corrected chi connectivity index (χ2v) is 6.62. The molecule has 2 aliphatic carbocycles. The Labute approximate surface area is 135 Å². The first-order valence-electron chi connectivity index (χ1n) is 8.18. The monoisotopic (exact) mass is 317 g/mol. The molecule has 1 unspecified atom stereocenters. The maximum Gasteiger partial charge on any atom is 0.315 e. The number of primary amides is 1. The van der Waals surface area contributed by atoms with E-state index in [0.29, 0.717) is 6.42 Å². The minimum atomic E-state index is -0.276. The highest BCUT2D eigenvalue weighted by Gasteiger charge is 2.30. The lowest BCUT2D eigenvalue weighted by molar-refractivity contribution is -0.121. The lowest BCUT2D eigenvalue weighted by Crippen LogP contribution is -2.47. The van der Waals surface area contributed by atoms with E-state index in [0.717, 1.165) is 37.7 Å². The number of carbonyl (C=O) groups is 2. The standard InChI is InChI=1S/C17H23N3O3/c18-16(22)12-2-5-14(8-12)20-17(23)19-13-4-1-11-9-15(21)6-3-10(11)7-13/h3,6,9,12-14,21H,1-2,4-5,7-8H2,(H2,18,22)(H2,19,20,23)/t12-,13?,14+/m1/s1. The number of hydrogen-bond acceptors (Lipinski definition) is 3. The molecule has 3 rings (SSSR count). The van der Waals surface area contributed by atoms with E-state index >= 15 is 0 Å². The molecule has 0 radical (unpaired) electrons. The van der Waals surface area contributed by atoms with Crippen LogP contribution in [0, 0.1) is 5.92 Å². The number of amides is 3. The van der Waals surface area contributed by atoms with Gasteiger partial charge in [-0.05, 0) is 61.8 Å². The number of nitrogens with one attached hydrogen (secondary N) is 2. The van der Waals surface area contributed by atoms with Crippen molar-refractivity contribution < 1.29 is 14.7 Å². The largest absolute Gasteiger partial charge is 0.508 e. The third kappa shape index (κ3) is 3.75. The molecule has 1 fully saturated rings. The zero-order chi connectivity index (χ0) is 16.4. The lowest BCUT2D eigenvalue weighted by atomic mass is 9.88. The van der Waals surface area contributed by atoms with Crippen LogP contribution in [0.1, 0.15) is 36.8 Å². The van der Waals surface area contributed by atoms with Gasteiger partial charge in [-0.1, -0.05) is 6.07 Å². The summed E-state index contributed by atoms with van der Waals surface area (Å²) < 4.78 is 0. The van der Waals surface area contributed by atoms with Crippen molar-refractivity contribution in [3.05, 3.63) is 29.3 Å². The molecule has 1 saturated carbocycles. The minimum absolute atomic E-state index is 0.0281. The molecule has 1 aromatic carbocycles. The van der Waals surface area contributed by atoms with Crippen molar-refractivity contribution in [3.8, 4) is 5.75 Å². The average molecular weight is 317 g/mol. The number of hydrogen-bond donors (Lipinski definition) is 4. The molecular formula is C17H23N3O3. The van der Waals surface area contributed by atoms with Crippen molar-refractivity contribution in [3.63, 3.8) is 0 Å². The van der Waals surface area contributed by atoms with Crippen LogP contribution in [0.4, 0.5) is 4.79 Å². The van der Waals surface area contributed by atoms with Crippen LogP contribution >= 0.6 is 0 Å². The van der Waals surface area contributed by atoms with E-state index in [9.17, 15) is 14.7 Å². The normalized spacial score (nSPS) is 26.3. The van der Waals surface area contributed by atoms with Crippen LogP contribution in [-0.4, -0.2) is 29.1 Å². The van der Waals surface area contributed by atoms with Gasteiger partial charge in [-0.2, -0.15) is 0 Å². The predicted molar refractivity (Wildman–Crippen MR) is 85.9 cm³/mol. The summed E-state index contributed by atoms with van der Waals surface area (Å²) in [5.41, 5.74) is 7.64. The van der Waals surface area contributed by atoms with E-state index in [2.05, 4.69) is 10.6 Å². The van der Waals surface area contributed by atoms with Gasteiger partial charge in [-0.25, -0.2) is 4.79 Å². The smallest absolute Gasteiger partial charge is 0.315 e. The number of aryl methyl sites for hydroxylation is 1. The van der Waals surface area contributed by atoms with Crippen LogP contribution in [-0.2, 0) is 17.6 Å². The molecule has 3 amide bonds. The quantitative estimate of drug-likeness (QED) is 0.673. The number of carbonyl (C=O) groups excluding carboxylic acids is 2. The zero-order valence-corrected chi connectivity index (χ0v) is 13.0. The Morgan fingerprint density at radius 2 is 1.87 bits per heavy atom. The molecule has 1 aromatic rings. The number of fused-ring (bicyclic) bond motifs is 1. The van der Waals surface area contributed by atoms with Crippen LogP contribution in [0.15, 0.2) is 18.2 Å². The Morgan fingerprint density at radius 1 is 1.09 bits per heavy atom. The highest BCUT2D eigenvalue weighted by molar-refractivity contribution is 5.78. The van der Waals surface area contributed by atoms with Gasteiger partial charge >= 0.3 is 6.03 Å². The van der Waals surface area contributed by atoms with Crippen molar-refractivity contribution in [1.29, 1.82) is 0 Å². The van der Waals surface area contributed by atoms with Crippen molar-refractivity contribution in [2.45, 2.75) is 50.6 Å². The van der Waals surface area contributed by atoms with Crippen LogP contribution < -0.4 is 16.4 Å². The summed E-state index contributed by atoms with van der Waals surface area (Å²) in [7, 11) is 0. The van der Waals surface area contributed by atoms with Crippen LogP contribution in [0.2, 0.25) is 0 Å². The van der Waals surface area contributed by atoms with E-state index in [1.165, 1.54) is 5.56 Å². The fourth-order valence-electron chi connectivity index (χ4n) is 3.65. The van der Waals surface area contributed by atoms with Gasteiger partial charge in [0.05, 0.1) is 0 Å². The summed E-state index contributed by atoms with van der Waals surface area (Å²) in [6, 6.07) is 5.36. The molecule has 124 valence electrons. The first-order chi connectivity index (χ1) is 11.0. The van der Waals surface area contributed by atoms with Gasteiger partial charge in [0.1, 0.15) is 5.75 Å². The third-order valence-electron chi connectivity index (χ3n) is 4.92. The van der Waals surface area contributed by atoms with Gasteiger partial charge < -0.3 is 21.5 Å². The molecule has 0 aliphatic heterocycles. The predicted octanol–water partition coefficient (Wildman–Crippen LogP) is 1.20. The fraction of sp³-hybridized carbons (Fsp3) is 0.529. The Hall–Kier alpha value is -2.24. The van der Waals surface area contributed by atoms with E-state index in [4.69, 9.17) is 5.73 Å². The number of phenols is 1. The molecule has 0 spiro atoms. The fourth-order valence-corrected chi connectivity index (χ4v) is 3.65. The van der Waals surface area contributed by atoms with Crippen molar-refractivity contribution >= 4 is 11.9 Å². The lowest BCUT2D eigenvalue weighted by Gasteiger charge is -2.26. The number of rotatable bonds is 3. The number of aromatic hydroxyl groups is 1. The maximum absolute atomic E-state index is 12.1. The highest BCUT2D eigenvalue weighted by atomic mass is 16.3. The van der Waals surface area contributed by atoms with Crippen molar-refractivity contribution in [2.75, 3.05) is 0 Å². The third-order valence-corrected chi connectivity index (χ3v) is 4.92. The maximum atomic E-state index is 12.1. The summed E-state index contributed by atoms with van der Waals surface area (Å²) in [5, 5.41) is 15.5. The van der Waals surface area contributed by atoms with E-state index in [-0.39, 0.29) is 35.7 Å². The topological polar surface area (TPSA) is 104 Å². The zero-order valence-electron chi connectivity index (χ0n) is 13.0. The molecular weight excluding hydrogens is 294 g/mol. The second kappa shape index (κ2) is 6.48.